The molecular weight excluding hydrogens is 288 g/mol. The Bertz CT molecular complexity index is 595. The maximum absolute atomic E-state index is 10.5. The van der Waals surface area contributed by atoms with Gasteiger partial charge in [-0.05, 0) is 38.1 Å². The van der Waals surface area contributed by atoms with Gasteiger partial charge in [0.1, 0.15) is 12.4 Å². The van der Waals surface area contributed by atoms with Gasteiger partial charge in [0.15, 0.2) is 0 Å². The lowest BCUT2D eigenvalue weighted by molar-refractivity contribution is -0.384. The van der Waals surface area contributed by atoms with Crippen LogP contribution in [-0.2, 0) is 0 Å². The summed E-state index contributed by atoms with van der Waals surface area (Å²) in [5.74, 6) is 0.641. The molecule has 1 aromatic heterocycles. The van der Waals surface area contributed by atoms with Gasteiger partial charge in [0.05, 0.1) is 4.92 Å². The number of thiophene rings is 1. The van der Waals surface area contributed by atoms with Crippen LogP contribution < -0.4 is 10.1 Å². The zero-order valence-electron chi connectivity index (χ0n) is 12.0. The van der Waals surface area contributed by atoms with Crippen molar-refractivity contribution in [2.24, 2.45) is 0 Å². The molecular formula is C15H18N2O3S. The fraction of sp³-hybridized carbons (Fsp3) is 0.333. The van der Waals surface area contributed by atoms with E-state index in [1.54, 1.807) is 23.5 Å². The zero-order valence-corrected chi connectivity index (χ0v) is 12.9. The number of rotatable bonds is 7. The van der Waals surface area contributed by atoms with Gasteiger partial charge in [0.2, 0.25) is 0 Å². The topological polar surface area (TPSA) is 64.4 Å². The van der Waals surface area contributed by atoms with Crippen LogP contribution in [0.25, 0.3) is 0 Å². The lowest BCUT2D eigenvalue weighted by Crippen LogP contribution is -2.23. The highest BCUT2D eigenvalue weighted by molar-refractivity contribution is 7.12. The summed E-state index contributed by atoms with van der Waals surface area (Å²) in [6.45, 7) is 5.46. The first-order valence-electron chi connectivity index (χ1n) is 6.73. The van der Waals surface area contributed by atoms with Gasteiger partial charge in [0, 0.05) is 34.5 Å². The molecule has 1 N–H and O–H groups in total. The molecule has 112 valence electrons. The van der Waals surface area contributed by atoms with Gasteiger partial charge in [-0.1, -0.05) is 0 Å². The zero-order chi connectivity index (χ0) is 15.2. The molecule has 0 bridgehead atoms. The van der Waals surface area contributed by atoms with E-state index in [2.05, 4.69) is 31.3 Å². The average molecular weight is 306 g/mol. The van der Waals surface area contributed by atoms with Crippen molar-refractivity contribution in [1.82, 2.24) is 5.32 Å². The fourth-order valence-electron chi connectivity index (χ4n) is 1.90. The summed E-state index contributed by atoms with van der Waals surface area (Å²) in [5.41, 5.74) is 0.0714. The van der Waals surface area contributed by atoms with E-state index < -0.39 is 4.92 Å². The molecule has 0 fully saturated rings. The second kappa shape index (κ2) is 7.19. The molecule has 1 heterocycles. The van der Waals surface area contributed by atoms with Crippen LogP contribution in [0.3, 0.4) is 0 Å². The quantitative estimate of drug-likeness (QED) is 0.481. The van der Waals surface area contributed by atoms with E-state index in [1.165, 1.54) is 21.9 Å². The Morgan fingerprint density at radius 1 is 1.29 bits per heavy atom. The number of non-ortho nitro benzene ring substituents is 1. The molecule has 0 aliphatic heterocycles. The molecule has 0 saturated heterocycles. The molecule has 2 aromatic rings. The Kier molecular flexibility index (Phi) is 5.30. The van der Waals surface area contributed by atoms with Crippen LogP contribution in [0.5, 0.6) is 5.75 Å². The van der Waals surface area contributed by atoms with Crippen molar-refractivity contribution < 1.29 is 9.66 Å². The van der Waals surface area contributed by atoms with Gasteiger partial charge in [0.25, 0.3) is 5.69 Å². The molecule has 2 rings (SSSR count). The van der Waals surface area contributed by atoms with Crippen molar-refractivity contribution in [1.29, 1.82) is 0 Å². The van der Waals surface area contributed by atoms with E-state index in [-0.39, 0.29) is 5.69 Å². The van der Waals surface area contributed by atoms with Crippen LogP contribution in [-0.4, -0.2) is 18.1 Å². The first-order valence-corrected chi connectivity index (χ1v) is 7.55. The highest BCUT2D eigenvalue weighted by Gasteiger charge is 2.07. The largest absolute Gasteiger partial charge is 0.492 e. The fourth-order valence-corrected chi connectivity index (χ4v) is 2.80. The number of ether oxygens (including phenoxy) is 1. The summed E-state index contributed by atoms with van der Waals surface area (Å²) in [6, 6.07) is 10.7. The third kappa shape index (κ3) is 4.54. The summed E-state index contributed by atoms with van der Waals surface area (Å²) < 4.78 is 5.55. The molecule has 5 nitrogen and oxygen atoms in total. The van der Waals surface area contributed by atoms with E-state index in [9.17, 15) is 10.1 Å². The Hall–Kier alpha value is -1.92. The number of hydrogen-bond acceptors (Lipinski definition) is 5. The van der Waals surface area contributed by atoms with Crippen molar-refractivity contribution >= 4 is 17.0 Å². The third-order valence-electron chi connectivity index (χ3n) is 3.06. The van der Waals surface area contributed by atoms with Gasteiger partial charge in [-0.15, -0.1) is 11.3 Å². The van der Waals surface area contributed by atoms with E-state index in [0.717, 1.165) is 6.54 Å². The minimum Gasteiger partial charge on any atom is -0.492 e. The maximum Gasteiger partial charge on any atom is 0.269 e. The van der Waals surface area contributed by atoms with Crippen molar-refractivity contribution in [3.05, 3.63) is 56.3 Å². The minimum absolute atomic E-state index is 0.0714. The number of nitrogens with zero attached hydrogens (tertiary/aromatic N) is 1. The second-order valence-electron chi connectivity index (χ2n) is 4.72. The SMILES string of the molecule is Cc1ccc(C(C)NCCOc2ccc([N+](=O)[O-])cc2)s1. The molecule has 0 aliphatic carbocycles. The van der Waals surface area contributed by atoms with Gasteiger partial charge in [-0.2, -0.15) is 0 Å². The number of aryl methyl sites for hydroxylation is 1. The Morgan fingerprint density at radius 3 is 2.57 bits per heavy atom. The van der Waals surface area contributed by atoms with Gasteiger partial charge in [-0.3, -0.25) is 10.1 Å². The number of nitrogens with one attached hydrogen (secondary N) is 1. The Labute approximate surface area is 127 Å². The molecule has 0 spiro atoms. The lowest BCUT2D eigenvalue weighted by Gasteiger charge is -2.12. The van der Waals surface area contributed by atoms with E-state index in [1.807, 2.05) is 0 Å². The number of benzene rings is 1. The van der Waals surface area contributed by atoms with Crippen molar-refractivity contribution in [3.63, 3.8) is 0 Å². The molecule has 0 amide bonds. The van der Waals surface area contributed by atoms with Crippen LogP contribution in [0.2, 0.25) is 0 Å². The minimum atomic E-state index is -0.421. The van der Waals surface area contributed by atoms with E-state index in [4.69, 9.17) is 4.74 Å². The second-order valence-corrected chi connectivity index (χ2v) is 6.04. The summed E-state index contributed by atoms with van der Waals surface area (Å²) in [6.07, 6.45) is 0. The van der Waals surface area contributed by atoms with Crippen molar-refractivity contribution in [3.8, 4) is 5.75 Å². The number of nitro benzene ring substituents is 1. The molecule has 1 aromatic carbocycles. The van der Waals surface area contributed by atoms with Crippen LogP contribution >= 0.6 is 11.3 Å². The van der Waals surface area contributed by atoms with Crippen LogP contribution in [0.1, 0.15) is 22.7 Å². The molecule has 1 unspecified atom stereocenters. The van der Waals surface area contributed by atoms with Crippen LogP contribution in [0.15, 0.2) is 36.4 Å². The predicted molar refractivity (Wildman–Crippen MR) is 84.1 cm³/mol. The maximum atomic E-state index is 10.5. The third-order valence-corrected chi connectivity index (χ3v) is 4.24. The standard InChI is InChI=1S/C15H18N2O3S/c1-11-3-8-15(21-11)12(2)16-9-10-20-14-6-4-13(5-7-14)17(18)19/h3-8,12,16H,9-10H2,1-2H3. The molecule has 0 aliphatic rings. The average Bonchev–Trinajstić information content (AvgIpc) is 2.90. The first-order chi connectivity index (χ1) is 10.1. The first kappa shape index (κ1) is 15.5. The monoisotopic (exact) mass is 306 g/mol. The highest BCUT2D eigenvalue weighted by atomic mass is 32.1. The Morgan fingerprint density at radius 2 is 2.00 bits per heavy atom. The molecule has 0 radical (unpaired) electrons. The summed E-state index contributed by atoms with van der Waals surface area (Å²) in [5, 5.41) is 13.9. The number of nitro groups is 1. The predicted octanol–water partition coefficient (Wildman–Crippen LogP) is 3.69. The smallest absolute Gasteiger partial charge is 0.269 e. The normalized spacial score (nSPS) is 12.1. The van der Waals surface area contributed by atoms with Crippen molar-refractivity contribution in [2.45, 2.75) is 19.9 Å². The molecule has 6 heteroatoms. The van der Waals surface area contributed by atoms with E-state index >= 15 is 0 Å². The van der Waals surface area contributed by atoms with Crippen LogP contribution in [0, 0.1) is 17.0 Å². The van der Waals surface area contributed by atoms with Gasteiger partial charge >= 0.3 is 0 Å². The lowest BCUT2D eigenvalue weighted by atomic mass is 10.3. The molecule has 21 heavy (non-hydrogen) atoms. The highest BCUT2D eigenvalue weighted by Crippen LogP contribution is 2.22. The molecule has 1 atom stereocenters. The molecule has 0 saturated carbocycles. The summed E-state index contributed by atoms with van der Waals surface area (Å²) >= 11 is 1.79. The summed E-state index contributed by atoms with van der Waals surface area (Å²) in [7, 11) is 0. The van der Waals surface area contributed by atoms with Crippen LogP contribution in [0.4, 0.5) is 5.69 Å². The summed E-state index contributed by atoms with van der Waals surface area (Å²) in [4.78, 5) is 12.7. The van der Waals surface area contributed by atoms with Crippen molar-refractivity contribution in [2.75, 3.05) is 13.2 Å². The van der Waals surface area contributed by atoms with E-state index in [0.29, 0.717) is 18.4 Å². The Balaban J connectivity index is 1.73. The number of hydrogen-bond donors (Lipinski definition) is 1. The van der Waals surface area contributed by atoms with Gasteiger partial charge in [-0.25, -0.2) is 0 Å². The van der Waals surface area contributed by atoms with Gasteiger partial charge < -0.3 is 10.1 Å².